The molecule has 1 aliphatic rings. The fourth-order valence-corrected chi connectivity index (χ4v) is 4.23. The number of aliphatic hydroxyl groups is 2. The smallest absolute Gasteiger partial charge is 0.295 e. The van der Waals surface area contributed by atoms with Crippen LogP contribution in [-0.2, 0) is 4.74 Å². The lowest BCUT2D eigenvalue weighted by Crippen LogP contribution is -2.36. The van der Waals surface area contributed by atoms with Gasteiger partial charge in [-0.15, -0.1) is 0 Å². The number of benzene rings is 3. The third-order valence-electron chi connectivity index (χ3n) is 6.21. The number of halogens is 2. The maximum Gasteiger partial charge on any atom is 0.295 e. The number of carbonyl (C=O) groups is 1. The molecule has 4 aromatic rings. The van der Waals surface area contributed by atoms with Crippen molar-refractivity contribution < 1.29 is 33.3 Å². The van der Waals surface area contributed by atoms with Crippen molar-refractivity contribution in [3.8, 4) is 28.3 Å². The Kier molecular flexibility index (Phi) is 6.40. The Hall–Kier alpha value is -3.86. The average Bonchev–Trinajstić information content (AvgIpc) is 3.46. The van der Waals surface area contributed by atoms with Crippen molar-refractivity contribution in [3.05, 3.63) is 71.8 Å². The molecule has 0 spiro atoms. The number of aromatic amines is 1. The summed E-state index contributed by atoms with van der Waals surface area (Å²) in [6.07, 6.45) is -2.68. The fourth-order valence-electron chi connectivity index (χ4n) is 4.23. The number of H-pyrrole nitrogens is 1. The number of hydrogen-bond acceptors (Lipinski definition) is 6. The summed E-state index contributed by atoms with van der Waals surface area (Å²) in [5.74, 6) is -1.81. The van der Waals surface area contributed by atoms with E-state index in [0.717, 1.165) is 17.2 Å². The molecule has 0 bridgehead atoms. The van der Waals surface area contributed by atoms with Gasteiger partial charge in [-0.2, -0.15) is 4.98 Å². The normalized spacial score (nSPS) is 19.5. The third kappa shape index (κ3) is 4.30. The minimum atomic E-state index is -1.08. The van der Waals surface area contributed by atoms with Gasteiger partial charge in [0.05, 0.1) is 24.3 Å². The lowest BCUT2D eigenvalue weighted by Gasteiger charge is -2.15. The van der Waals surface area contributed by atoms with Crippen LogP contribution in [0.1, 0.15) is 10.4 Å². The summed E-state index contributed by atoms with van der Waals surface area (Å²) in [4.78, 5) is 18.5. The van der Waals surface area contributed by atoms with E-state index in [4.69, 9.17) is 9.47 Å². The van der Waals surface area contributed by atoms with Crippen LogP contribution in [0.5, 0.6) is 6.01 Å². The molecule has 2 heterocycles. The maximum atomic E-state index is 15.4. The Morgan fingerprint density at radius 3 is 2.39 bits per heavy atom. The minimum Gasteiger partial charge on any atom is -0.456 e. The van der Waals surface area contributed by atoms with Gasteiger partial charge >= 0.3 is 0 Å². The second-order valence-corrected chi connectivity index (χ2v) is 8.42. The van der Waals surface area contributed by atoms with Crippen molar-refractivity contribution in [1.82, 2.24) is 15.3 Å². The lowest BCUT2D eigenvalue weighted by atomic mass is 9.98. The van der Waals surface area contributed by atoms with Crippen molar-refractivity contribution in [3.63, 3.8) is 0 Å². The Morgan fingerprint density at radius 1 is 1.14 bits per heavy atom. The molecule has 4 N–H and O–H groups in total. The molecule has 8 nitrogen and oxygen atoms in total. The summed E-state index contributed by atoms with van der Waals surface area (Å²) >= 11 is 0. The molecule has 0 unspecified atom stereocenters. The van der Waals surface area contributed by atoms with Gasteiger partial charge in [0.2, 0.25) is 0 Å². The third-order valence-corrected chi connectivity index (χ3v) is 6.21. The molecule has 5 rings (SSSR count). The van der Waals surface area contributed by atoms with E-state index in [9.17, 15) is 19.4 Å². The average molecular weight is 495 g/mol. The summed E-state index contributed by atoms with van der Waals surface area (Å²) in [5.41, 5.74) is 2.28. The predicted molar refractivity (Wildman–Crippen MR) is 128 cm³/mol. The molecule has 36 heavy (non-hydrogen) atoms. The van der Waals surface area contributed by atoms with E-state index in [0.29, 0.717) is 11.1 Å². The molecule has 1 fully saturated rings. The van der Waals surface area contributed by atoms with Gasteiger partial charge < -0.3 is 30.0 Å². The molecule has 1 aromatic heterocycles. The van der Waals surface area contributed by atoms with Crippen LogP contribution in [0.25, 0.3) is 33.3 Å². The Balaban J connectivity index is 1.41. The van der Waals surface area contributed by atoms with Crippen molar-refractivity contribution in [2.24, 2.45) is 0 Å². The van der Waals surface area contributed by atoms with Gasteiger partial charge in [0.25, 0.3) is 11.9 Å². The molecule has 3 aromatic carbocycles. The number of imidazole rings is 1. The van der Waals surface area contributed by atoms with E-state index in [-0.39, 0.29) is 41.7 Å². The van der Waals surface area contributed by atoms with Gasteiger partial charge in [-0.3, -0.25) is 4.79 Å². The van der Waals surface area contributed by atoms with Crippen LogP contribution in [0.2, 0.25) is 0 Å². The standard InChI is InChI=1S/C26H23F2N3O5/c1-29-25(34)16-8-4-14(5-9-16)13-2-6-15(7-3-13)21-17(27)10-18-23(22(21)28)31-26(30-18)36-20-12-35-19(11-32)24(20)33/h2-10,19-20,24,32-33H,11-12H2,1H3,(H,29,34)(H,30,31)/t19-,20-,24-/m1/s1. The molecule has 186 valence electrons. The fraction of sp³-hybridized carbons (Fsp3) is 0.231. The highest BCUT2D eigenvalue weighted by Crippen LogP contribution is 2.34. The molecule has 1 amide bonds. The summed E-state index contributed by atoms with van der Waals surface area (Å²) < 4.78 is 41.2. The number of hydrogen-bond donors (Lipinski definition) is 4. The van der Waals surface area contributed by atoms with Crippen LogP contribution >= 0.6 is 0 Å². The molecule has 3 atom stereocenters. The van der Waals surface area contributed by atoms with Crippen LogP contribution in [0.4, 0.5) is 8.78 Å². The van der Waals surface area contributed by atoms with Crippen molar-refractivity contribution in [2.75, 3.05) is 20.3 Å². The van der Waals surface area contributed by atoms with E-state index in [1.807, 2.05) is 0 Å². The Morgan fingerprint density at radius 2 is 1.78 bits per heavy atom. The highest BCUT2D eigenvalue weighted by atomic mass is 19.1. The second kappa shape index (κ2) is 9.65. The molecular formula is C26H23F2N3O5. The first-order chi connectivity index (χ1) is 17.4. The Labute approximate surface area is 204 Å². The van der Waals surface area contributed by atoms with Crippen LogP contribution in [-0.4, -0.2) is 64.7 Å². The zero-order valence-corrected chi connectivity index (χ0v) is 19.2. The van der Waals surface area contributed by atoms with E-state index < -0.39 is 29.9 Å². The zero-order valence-electron chi connectivity index (χ0n) is 19.2. The number of fused-ring (bicyclic) bond motifs is 1. The lowest BCUT2D eigenvalue weighted by molar-refractivity contribution is -0.00390. The minimum absolute atomic E-state index is 0.0202. The van der Waals surface area contributed by atoms with Crippen LogP contribution in [0.15, 0.2) is 54.6 Å². The SMILES string of the molecule is CNC(=O)c1ccc(-c2ccc(-c3c(F)cc4[nH]c(O[C@@H]5CO[C@H](CO)[C@H]5O)nc4c3F)cc2)cc1. The summed E-state index contributed by atoms with van der Waals surface area (Å²) in [5, 5.41) is 21.9. The monoisotopic (exact) mass is 495 g/mol. The van der Waals surface area contributed by atoms with E-state index >= 15 is 4.39 Å². The number of nitrogens with zero attached hydrogens (tertiary/aromatic N) is 1. The van der Waals surface area contributed by atoms with Gasteiger partial charge in [-0.25, -0.2) is 8.78 Å². The van der Waals surface area contributed by atoms with Crippen LogP contribution in [0.3, 0.4) is 0 Å². The highest BCUT2D eigenvalue weighted by Gasteiger charge is 2.37. The number of carbonyl (C=O) groups excluding carboxylic acids is 1. The summed E-state index contributed by atoms with van der Waals surface area (Å²) in [7, 11) is 1.56. The Bertz CT molecular complexity index is 1410. The summed E-state index contributed by atoms with van der Waals surface area (Å²) in [6.45, 7) is -0.350. The van der Waals surface area contributed by atoms with Crippen molar-refractivity contribution in [2.45, 2.75) is 18.3 Å². The number of nitrogens with one attached hydrogen (secondary N) is 2. The predicted octanol–water partition coefficient (Wildman–Crippen LogP) is 3.03. The first kappa shape index (κ1) is 23.9. The van der Waals surface area contributed by atoms with Gasteiger partial charge in [-0.05, 0) is 28.8 Å². The summed E-state index contributed by atoms with van der Waals surface area (Å²) in [6, 6.07) is 14.7. The molecule has 1 aliphatic heterocycles. The van der Waals surface area contributed by atoms with Crippen LogP contribution in [0, 0.1) is 11.6 Å². The largest absolute Gasteiger partial charge is 0.456 e. The van der Waals surface area contributed by atoms with Crippen molar-refractivity contribution in [1.29, 1.82) is 0 Å². The van der Waals surface area contributed by atoms with E-state index in [1.54, 1.807) is 55.6 Å². The van der Waals surface area contributed by atoms with Gasteiger partial charge in [0.15, 0.2) is 11.9 Å². The quantitative estimate of drug-likeness (QED) is 0.327. The zero-order chi connectivity index (χ0) is 25.4. The van der Waals surface area contributed by atoms with E-state index in [1.165, 1.54) is 0 Å². The number of aliphatic hydroxyl groups excluding tert-OH is 2. The molecule has 10 heteroatoms. The number of amides is 1. The van der Waals surface area contributed by atoms with Crippen molar-refractivity contribution >= 4 is 16.9 Å². The number of rotatable bonds is 6. The number of ether oxygens (including phenoxy) is 2. The number of aromatic nitrogens is 2. The van der Waals surface area contributed by atoms with E-state index in [2.05, 4.69) is 15.3 Å². The molecule has 0 aliphatic carbocycles. The van der Waals surface area contributed by atoms with Crippen LogP contribution < -0.4 is 10.1 Å². The molecule has 0 radical (unpaired) electrons. The molecule has 1 saturated heterocycles. The molecular weight excluding hydrogens is 472 g/mol. The second-order valence-electron chi connectivity index (χ2n) is 8.42. The molecule has 0 saturated carbocycles. The first-order valence-electron chi connectivity index (χ1n) is 11.3. The first-order valence-corrected chi connectivity index (χ1v) is 11.3. The highest BCUT2D eigenvalue weighted by molar-refractivity contribution is 5.94. The topological polar surface area (TPSA) is 117 Å². The maximum absolute atomic E-state index is 15.4. The van der Waals surface area contributed by atoms with Gasteiger partial charge in [0, 0.05) is 18.7 Å². The van der Waals surface area contributed by atoms with Gasteiger partial charge in [-0.1, -0.05) is 36.4 Å². The van der Waals surface area contributed by atoms with Gasteiger partial charge in [0.1, 0.15) is 23.5 Å².